The van der Waals surface area contributed by atoms with E-state index in [0.29, 0.717) is 16.7 Å². The maximum absolute atomic E-state index is 13.0. The second-order valence-electron chi connectivity index (χ2n) is 6.83. The van der Waals surface area contributed by atoms with Crippen molar-refractivity contribution in [2.75, 3.05) is 39.2 Å². The van der Waals surface area contributed by atoms with E-state index in [1.165, 1.54) is 11.3 Å². The molecule has 3 rings (SSSR count). The van der Waals surface area contributed by atoms with Gasteiger partial charge in [-0.3, -0.25) is 9.69 Å². The fourth-order valence-corrected chi connectivity index (χ4v) is 4.07. The Bertz CT molecular complexity index is 1020. The van der Waals surface area contributed by atoms with Crippen molar-refractivity contribution >= 4 is 62.7 Å². The number of amides is 1. The number of methoxy groups -OCH3 is 1. The Balaban J connectivity index is 0.00000320. The average molecular weight is 466 g/mol. The zero-order chi connectivity index (χ0) is 20.8. The van der Waals surface area contributed by atoms with Crippen LogP contribution < -0.4 is 9.64 Å². The summed E-state index contributed by atoms with van der Waals surface area (Å²) in [4.78, 5) is 21.5. The van der Waals surface area contributed by atoms with E-state index in [0.717, 1.165) is 34.5 Å². The number of aromatic nitrogens is 1. The molecule has 0 saturated heterocycles. The normalized spacial score (nSPS) is 11.1. The number of ether oxygens (including phenoxy) is 1. The predicted molar refractivity (Wildman–Crippen MR) is 129 cm³/mol. The molecule has 30 heavy (non-hydrogen) atoms. The Morgan fingerprint density at radius 1 is 1.20 bits per heavy atom. The van der Waals surface area contributed by atoms with Crippen LogP contribution in [0.4, 0.5) is 5.13 Å². The number of carbonyl (C=O) groups is 1. The Hall–Kier alpha value is -2.12. The number of benzene rings is 2. The van der Waals surface area contributed by atoms with E-state index in [4.69, 9.17) is 16.3 Å². The Morgan fingerprint density at radius 3 is 2.67 bits per heavy atom. The van der Waals surface area contributed by atoms with Crippen LogP contribution in [0.2, 0.25) is 5.02 Å². The highest BCUT2D eigenvalue weighted by Gasteiger charge is 2.18. The van der Waals surface area contributed by atoms with Crippen LogP contribution >= 0.6 is 35.3 Å². The second kappa shape index (κ2) is 11.3. The van der Waals surface area contributed by atoms with Crippen LogP contribution in [-0.4, -0.2) is 50.1 Å². The third-order valence-corrected chi connectivity index (χ3v) is 5.76. The molecule has 3 aromatic rings. The molecule has 0 aliphatic heterocycles. The lowest BCUT2D eigenvalue weighted by atomic mass is 10.2. The van der Waals surface area contributed by atoms with Gasteiger partial charge >= 0.3 is 0 Å². The van der Waals surface area contributed by atoms with E-state index in [1.807, 2.05) is 56.6 Å². The SMILES string of the molecule is COc1ccc2nc(N(CCCN(C)C)C(=O)C=Cc3ccccc3Cl)sc2c1.Cl. The van der Waals surface area contributed by atoms with Gasteiger partial charge in [-0.2, -0.15) is 0 Å². The third-order valence-electron chi connectivity index (χ3n) is 4.38. The summed E-state index contributed by atoms with van der Waals surface area (Å²) in [5.74, 6) is 0.659. The minimum atomic E-state index is -0.116. The Morgan fingerprint density at radius 2 is 1.97 bits per heavy atom. The molecule has 0 spiro atoms. The monoisotopic (exact) mass is 465 g/mol. The van der Waals surface area contributed by atoms with E-state index < -0.39 is 0 Å². The molecule has 0 aliphatic carbocycles. The van der Waals surface area contributed by atoms with Crippen molar-refractivity contribution in [2.45, 2.75) is 6.42 Å². The van der Waals surface area contributed by atoms with Crippen molar-refractivity contribution in [2.24, 2.45) is 0 Å². The maximum atomic E-state index is 13.0. The van der Waals surface area contributed by atoms with Crippen LogP contribution in [-0.2, 0) is 4.79 Å². The number of rotatable bonds is 8. The standard InChI is InChI=1S/C22H24ClN3O2S.ClH/c1-25(2)13-6-14-26(21(27)12-9-16-7-4-5-8-18(16)23)22-24-19-11-10-17(28-3)15-20(19)29-22;/h4-5,7-12,15H,6,13-14H2,1-3H3;1H. The molecule has 0 atom stereocenters. The molecule has 0 saturated carbocycles. The third kappa shape index (κ3) is 6.19. The van der Waals surface area contributed by atoms with Gasteiger partial charge in [0.15, 0.2) is 5.13 Å². The van der Waals surface area contributed by atoms with E-state index in [2.05, 4.69) is 9.88 Å². The second-order valence-corrected chi connectivity index (χ2v) is 8.25. The smallest absolute Gasteiger partial charge is 0.252 e. The number of hydrogen-bond donors (Lipinski definition) is 0. The molecule has 0 fully saturated rings. The van der Waals surface area contributed by atoms with E-state index in [-0.39, 0.29) is 18.3 Å². The van der Waals surface area contributed by atoms with Gasteiger partial charge in [-0.25, -0.2) is 4.98 Å². The van der Waals surface area contributed by atoms with Crippen LogP contribution in [0.25, 0.3) is 16.3 Å². The zero-order valence-corrected chi connectivity index (χ0v) is 19.6. The van der Waals surface area contributed by atoms with Crippen molar-refractivity contribution in [3.05, 3.63) is 59.1 Å². The topological polar surface area (TPSA) is 45.7 Å². The lowest BCUT2D eigenvalue weighted by molar-refractivity contribution is -0.114. The molecule has 5 nitrogen and oxygen atoms in total. The number of fused-ring (bicyclic) bond motifs is 1. The van der Waals surface area contributed by atoms with Gasteiger partial charge in [0.25, 0.3) is 5.91 Å². The van der Waals surface area contributed by atoms with Crippen molar-refractivity contribution in [1.82, 2.24) is 9.88 Å². The quantitative estimate of drug-likeness (QED) is 0.419. The number of carbonyl (C=O) groups excluding carboxylic acids is 1. The summed E-state index contributed by atoms with van der Waals surface area (Å²) in [6.45, 7) is 1.47. The number of nitrogens with zero attached hydrogens (tertiary/aromatic N) is 3. The highest BCUT2D eigenvalue weighted by atomic mass is 35.5. The molecule has 0 bridgehead atoms. The molecular weight excluding hydrogens is 441 g/mol. The first-order chi connectivity index (χ1) is 14.0. The maximum Gasteiger partial charge on any atom is 0.252 e. The van der Waals surface area contributed by atoms with E-state index >= 15 is 0 Å². The highest BCUT2D eigenvalue weighted by Crippen LogP contribution is 2.32. The molecule has 1 aromatic heterocycles. The lowest BCUT2D eigenvalue weighted by Crippen LogP contribution is -2.32. The van der Waals surface area contributed by atoms with Gasteiger partial charge in [0, 0.05) is 17.6 Å². The van der Waals surface area contributed by atoms with Crippen LogP contribution in [0, 0.1) is 0 Å². The molecule has 160 valence electrons. The first kappa shape index (κ1) is 24.2. The summed E-state index contributed by atoms with van der Waals surface area (Å²) in [6.07, 6.45) is 4.15. The molecule has 0 aliphatic rings. The van der Waals surface area contributed by atoms with Crippen molar-refractivity contribution in [3.63, 3.8) is 0 Å². The first-order valence-electron chi connectivity index (χ1n) is 9.31. The fraction of sp³-hybridized carbons (Fsp3) is 0.273. The zero-order valence-electron chi connectivity index (χ0n) is 17.2. The summed E-state index contributed by atoms with van der Waals surface area (Å²) in [6, 6.07) is 13.2. The van der Waals surface area contributed by atoms with Crippen LogP contribution in [0.3, 0.4) is 0 Å². The van der Waals surface area contributed by atoms with Crippen LogP contribution in [0.5, 0.6) is 5.75 Å². The van der Waals surface area contributed by atoms with Gasteiger partial charge in [-0.05, 0) is 63.0 Å². The molecule has 1 amide bonds. The van der Waals surface area contributed by atoms with E-state index in [9.17, 15) is 4.79 Å². The van der Waals surface area contributed by atoms with Gasteiger partial charge < -0.3 is 9.64 Å². The number of hydrogen-bond acceptors (Lipinski definition) is 5. The summed E-state index contributed by atoms with van der Waals surface area (Å²) >= 11 is 7.69. The van der Waals surface area contributed by atoms with Gasteiger partial charge in [0.2, 0.25) is 0 Å². The first-order valence-corrected chi connectivity index (χ1v) is 10.5. The summed E-state index contributed by atoms with van der Waals surface area (Å²) in [7, 11) is 5.68. The largest absolute Gasteiger partial charge is 0.497 e. The molecule has 0 N–H and O–H groups in total. The minimum absolute atomic E-state index is 0. The Labute approximate surface area is 192 Å². The highest BCUT2D eigenvalue weighted by molar-refractivity contribution is 7.22. The molecule has 2 aromatic carbocycles. The van der Waals surface area contributed by atoms with E-state index in [1.54, 1.807) is 24.2 Å². The average Bonchev–Trinajstić information content (AvgIpc) is 3.12. The fourth-order valence-electron chi connectivity index (χ4n) is 2.84. The van der Waals surface area contributed by atoms with Crippen molar-refractivity contribution < 1.29 is 9.53 Å². The molecular formula is C22H25Cl2N3O2S. The Kier molecular flexibility index (Phi) is 9.11. The summed E-state index contributed by atoms with van der Waals surface area (Å²) in [5, 5.41) is 1.30. The number of anilines is 1. The summed E-state index contributed by atoms with van der Waals surface area (Å²) in [5.41, 5.74) is 1.66. The lowest BCUT2D eigenvalue weighted by Gasteiger charge is -2.19. The van der Waals surface area contributed by atoms with Gasteiger partial charge in [-0.1, -0.05) is 41.1 Å². The molecule has 0 radical (unpaired) electrons. The molecule has 1 heterocycles. The summed E-state index contributed by atoms with van der Waals surface area (Å²) < 4.78 is 6.28. The van der Waals surface area contributed by atoms with Crippen LogP contribution in [0.1, 0.15) is 12.0 Å². The van der Waals surface area contributed by atoms with Gasteiger partial charge in [0.1, 0.15) is 5.75 Å². The predicted octanol–water partition coefficient (Wildman–Crippen LogP) is 5.38. The van der Waals surface area contributed by atoms with Crippen molar-refractivity contribution in [3.8, 4) is 5.75 Å². The van der Waals surface area contributed by atoms with Gasteiger partial charge in [-0.15, -0.1) is 12.4 Å². The van der Waals surface area contributed by atoms with Crippen LogP contribution in [0.15, 0.2) is 48.5 Å². The van der Waals surface area contributed by atoms with Crippen molar-refractivity contribution in [1.29, 1.82) is 0 Å². The molecule has 0 unspecified atom stereocenters. The minimum Gasteiger partial charge on any atom is -0.497 e. The molecule has 8 heteroatoms. The number of thiazole rings is 1. The van der Waals surface area contributed by atoms with Gasteiger partial charge in [0.05, 0.1) is 17.3 Å². The number of halogens is 2.